The molecule has 9 heteroatoms. The molecule has 0 spiro atoms. The summed E-state index contributed by atoms with van der Waals surface area (Å²) in [4.78, 5) is 18.2. The third-order valence-corrected chi connectivity index (χ3v) is 7.10. The summed E-state index contributed by atoms with van der Waals surface area (Å²) < 4.78 is 33.8. The number of halogens is 1. The van der Waals surface area contributed by atoms with Crippen LogP contribution in [-0.2, 0) is 14.8 Å². The molecule has 0 aliphatic carbocycles. The summed E-state index contributed by atoms with van der Waals surface area (Å²) >= 11 is 6.37. The SMILES string of the molecule is Cc1cccc(-c2ccc(NS(=O)(=O)C3CCN(C(=O)OC(C)(C)C)CC3)c(Cl)c2)n1. The topological polar surface area (TPSA) is 88.6 Å². The number of nitrogens with zero attached hydrogens (tertiary/aromatic N) is 2. The fourth-order valence-corrected chi connectivity index (χ4v) is 5.14. The second-order valence-electron chi connectivity index (χ2n) is 8.67. The summed E-state index contributed by atoms with van der Waals surface area (Å²) in [5, 5.41) is -0.309. The number of carbonyl (C=O) groups is 1. The standard InChI is InChI=1S/C22H28ClN3O4S/c1-15-6-5-7-19(24-15)16-8-9-20(18(23)14-16)25-31(28,29)17-10-12-26(13-11-17)21(27)30-22(2,3)4/h5-9,14,17,25H,10-13H2,1-4H3. The Labute approximate surface area is 188 Å². The monoisotopic (exact) mass is 465 g/mol. The van der Waals surface area contributed by atoms with Crippen LogP contribution in [0.15, 0.2) is 36.4 Å². The van der Waals surface area contributed by atoms with Gasteiger partial charge < -0.3 is 9.64 Å². The summed E-state index contributed by atoms with van der Waals surface area (Å²) in [6.07, 6.45) is 0.245. The van der Waals surface area contributed by atoms with Crippen molar-refractivity contribution >= 4 is 33.4 Å². The van der Waals surface area contributed by atoms with Gasteiger partial charge in [-0.15, -0.1) is 0 Å². The average Bonchev–Trinajstić information content (AvgIpc) is 2.68. The third-order valence-electron chi connectivity index (χ3n) is 4.94. The number of rotatable bonds is 4. The number of ether oxygens (including phenoxy) is 1. The Hall–Kier alpha value is -2.32. The molecule has 1 N–H and O–H groups in total. The van der Waals surface area contributed by atoms with Crippen LogP contribution in [0.2, 0.25) is 5.02 Å². The number of sulfonamides is 1. The molecule has 2 heterocycles. The van der Waals surface area contributed by atoms with E-state index in [9.17, 15) is 13.2 Å². The maximum Gasteiger partial charge on any atom is 0.410 e. The predicted octanol–water partition coefficient (Wildman–Crippen LogP) is 4.85. The van der Waals surface area contributed by atoms with E-state index in [0.717, 1.165) is 17.0 Å². The van der Waals surface area contributed by atoms with Crippen molar-refractivity contribution in [2.75, 3.05) is 17.8 Å². The van der Waals surface area contributed by atoms with Crippen LogP contribution in [-0.4, -0.2) is 48.3 Å². The maximum absolute atomic E-state index is 12.9. The first kappa shape index (κ1) is 23.3. The van der Waals surface area contributed by atoms with Gasteiger partial charge in [-0.05, 0) is 64.8 Å². The van der Waals surface area contributed by atoms with Crippen LogP contribution in [0.1, 0.15) is 39.3 Å². The number of benzene rings is 1. The molecule has 1 aliphatic rings. The zero-order chi connectivity index (χ0) is 22.8. The van der Waals surface area contributed by atoms with Gasteiger partial charge in [0.1, 0.15) is 5.60 Å². The van der Waals surface area contributed by atoms with Crippen molar-refractivity contribution in [3.63, 3.8) is 0 Å². The molecule has 1 fully saturated rings. The van der Waals surface area contributed by atoms with E-state index >= 15 is 0 Å². The molecule has 1 aromatic heterocycles. The Morgan fingerprint density at radius 3 is 2.45 bits per heavy atom. The zero-order valence-electron chi connectivity index (χ0n) is 18.2. The molecule has 0 radical (unpaired) electrons. The van der Waals surface area contributed by atoms with E-state index in [0.29, 0.717) is 36.6 Å². The molecule has 1 saturated heterocycles. The van der Waals surface area contributed by atoms with Gasteiger partial charge in [0.25, 0.3) is 0 Å². The molecular weight excluding hydrogens is 438 g/mol. The number of amides is 1. The lowest BCUT2D eigenvalue weighted by atomic mass is 10.1. The van der Waals surface area contributed by atoms with Crippen LogP contribution in [0.25, 0.3) is 11.3 Å². The predicted molar refractivity (Wildman–Crippen MR) is 123 cm³/mol. The summed E-state index contributed by atoms with van der Waals surface area (Å²) in [5.41, 5.74) is 2.20. The lowest BCUT2D eigenvalue weighted by molar-refractivity contribution is 0.0217. The Balaban J connectivity index is 1.65. The van der Waals surface area contributed by atoms with E-state index in [-0.39, 0.29) is 0 Å². The Bertz CT molecular complexity index is 1060. The highest BCUT2D eigenvalue weighted by molar-refractivity contribution is 7.93. The zero-order valence-corrected chi connectivity index (χ0v) is 19.8. The van der Waals surface area contributed by atoms with Gasteiger partial charge in [0, 0.05) is 24.3 Å². The second-order valence-corrected chi connectivity index (χ2v) is 11.0. The number of likely N-dealkylation sites (tertiary alicyclic amines) is 1. The van der Waals surface area contributed by atoms with Crippen LogP contribution >= 0.6 is 11.6 Å². The fraction of sp³-hybridized carbons (Fsp3) is 0.455. The lowest BCUT2D eigenvalue weighted by Crippen LogP contribution is -2.45. The number of anilines is 1. The molecular formula is C22H28ClN3O4S. The van der Waals surface area contributed by atoms with Crippen LogP contribution < -0.4 is 4.72 Å². The number of nitrogens with one attached hydrogen (secondary N) is 1. The molecule has 1 aromatic carbocycles. The summed E-state index contributed by atoms with van der Waals surface area (Å²) in [7, 11) is -3.66. The molecule has 3 rings (SSSR count). The van der Waals surface area contributed by atoms with Gasteiger partial charge in [-0.3, -0.25) is 9.71 Å². The molecule has 2 aromatic rings. The maximum atomic E-state index is 12.9. The van der Waals surface area contributed by atoms with E-state index in [4.69, 9.17) is 16.3 Å². The van der Waals surface area contributed by atoms with Gasteiger partial charge in [0.2, 0.25) is 10.0 Å². The largest absolute Gasteiger partial charge is 0.444 e. The molecule has 7 nitrogen and oxygen atoms in total. The molecule has 0 bridgehead atoms. The number of pyridine rings is 1. The Morgan fingerprint density at radius 1 is 1.19 bits per heavy atom. The van der Waals surface area contributed by atoms with Gasteiger partial charge in [0.15, 0.2) is 0 Å². The van der Waals surface area contributed by atoms with Crippen molar-refractivity contribution < 1.29 is 17.9 Å². The fourth-order valence-electron chi connectivity index (χ4n) is 3.37. The number of aromatic nitrogens is 1. The van der Waals surface area contributed by atoms with Crippen molar-refractivity contribution in [1.29, 1.82) is 0 Å². The van der Waals surface area contributed by atoms with Crippen LogP contribution in [0, 0.1) is 6.92 Å². The van der Waals surface area contributed by atoms with Gasteiger partial charge in [-0.2, -0.15) is 0 Å². The number of aryl methyl sites for hydroxylation is 1. The van der Waals surface area contributed by atoms with Gasteiger partial charge in [-0.1, -0.05) is 23.7 Å². The molecule has 168 valence electrons. The average molecular weight is 466 g/mol. The highest BCUT2D eigenvalue weighted by Crippen LogP contribution is 2.30. The van der Waals surface area contributed by atoms with Crippen LogP contribution in [0.3, 0.4) is 0 Å². The van der Waals surface area contributed by atoms with Crippen molar-refractivity contribution in [3.8, 4) is 11.3 Å². The van der Waals surface area contributed by atoms with E-state index in [1.165, 1.54) is 0 Å². The minimum Gasteiger partial charge on any atom is -0.444 e. The number of hydrogen-bond donors (Lipinski definition) is 1. The van der Waals surface area contributed by atoms with Gasteiger partial charge >= 0.3 is 6.09 Å². The Morgan fingerprint density at radius 2 is 1.87 bits per heavy atom. The van der Waals surface area contributed by atoms with Crippen molar-refractivity contribution in [3.05, 3.63) is 47.1 Å². The van der Waals surface area contributed by atoms with E-state index in [2.05, 4.69) is 9.71 Å². The number of piperidine rings is 1. The Kier molecular flexibility index (Phi) is 6.81. The quantitative estimate of drug-likeness (QED) is 0.697. The van der Waals surface area contributed by atoms with Crippen molar-refractivity contribution in [2.45, 2.75) is 51.4 Å². The van der Waals surface area contributed by atoms with E-state index in [1.807, 2.05) is 25.1 Å². The highest BCUT2D eigenvalue weighted by Gasteiger charge is 2.33. The molecule has 0 unspecified atom stereocenters. The first-order valence-electron chi connectivity index (χ1n) is 10.2. The summed E-state index contributed by atoms with van der Waals surface area (Å²) in [5.74, 6) is 0. The molecule has 1 aliphatic heterocycles. The normalized spacial score (nSPS) is 15.6. The first-order chi connectivity index (χ1) is 14.4. The van der Waals surface area contributed by atoms with E-state index < -0.39 is 27.0 Å². The molecule has 0 atom stereocenters. The summed E-state index contributed by atoms with van der Waals surface area (Å²) in [6.45, 7) is 7.96. The summed E-state index contributed by atoms with van der Waals surface area (Å²) in [6, 6.07) is 10.8. The van der Waals surface area contributed by atoms with Crippen LogP contribution in [0.5, 0.6) is 0 Å². The minimum absolute atomic E-state index is 0.301. The number of carbonyl (C=O) groups excluding carboxylic acids is 1. The smallest absolute Gasteiger partial charge is 0.410 e. The minimum atomic E-state index is -3.66. The molecule has 0 saturated carbocycles. The van der Waals surface area contributed by atoms with Gasteiger partial charge in [-0.25, -0.2) is 13.2 Å². The third kappa shape index (κ3) is 6.11. The van der Waals surface area contributed by atoms with E-state index in [1.54, 1.807) is 43.9 Å². The molecule has 1 amide bonds. The van der Waals surface area contributed by atoms with Crippen LogP contribution in [0.4, 0.5) is 10.5 Å². The van der Waals surface area contributed by atoms with Crippen molar-refractivity contribution in [2.24, 2.45) is 0 Å². The molecule has 31 heavy (non-hydrogen) atoms. The lowest BCUT2D eigenvalue weighted by Gasteiger charge is -2.33. The van der Waals surface area contributed by atoms with Crippen molar-refractivity contribution in [1.82, 2.24) is 9.88 Å². The van der Waals surface area contributed by atoms with Gasteiger partial charge in [0.05, 0.1) is 21.7 Å². The highest BCUT2D eigenvalue weighted by atomic mass is 35.5. The second kappa shape index (κ2) is 9.04. The first-order valence-corrected chi connectivity index (χ1v) is 12.1. The number of hydrogen-bond acceptors (Lipinski definition) is 5.